The lowest BCUT2D eigenvalue weighted by atomic mass is 9.99. The zero-order valence-corrected chi connectivity index (χ0v) is 13.2. The number of benzene rings is 1. The van der Waals surface area contributed by atoms with Crippen molar-refractivity contribution in [1.29, 1.82) is 0 Å². The Morgan fingerprint density at radius 2 is 2.35 bits per heavy atom. The van der Waals surface area contributed by atoms with Crippen molar-refractivity contribution in [2.75, 3.05) is 25.0 Å². The van der Waals surface area contributed by atoms with Gasteiger partial charge in [-0.15, -0.1) is 0 Å². The summed E-state index contributed by atoms with van der Waals surface area (Å²) in [6.45, 7) is 4.12. The Kier molecular flexibility index (Phi) is 3.52. The minimum atomic E-state index is 0.0926. The van der Waals surface area contributed by atoms with E-state index in [4.69, 9.17) is 4.52 Å². The number of aromatic nitrogens is 2. The van der Waals surface area contributed by atoms with E-state index in [2.05, 4.69) is 21.5 Å². The monoisotopic (exact) mass is 312 g/mol. The zero-order chi connectivity index (χ0) is 15.8. The average Bonchev–Trinajstić information content (AvgIpc) is 3.22. The van der Waals surface area contributed by atoms with Gasteiger partial charge in [-0.3, -0.25) is 4.79 Å². The highest BCUT2D eigenvalue weighted by molar-refractivity contribution is 6.00. The molecular formula is C17H20N4O2. The molecule has 0 saturated carbocycles. The number of nitrogens with zero attached hydrogens (tertiary/aromatic N) is 3. The van der Waals surface area contributed by atoms with Crippen LogP contribution in [0.2, 0.25) is 0 Å². The highest BCUT2D eigenvalue weighted by Crippen LogP contribution is 2.31. The molecule has 1 atom stereocenters. The van der Waals surface area contributed by atoms with Gasteiger partial charge in [0.15, 0.2) is 5.82 Å². The number of fused-ring (bicyclic) bond motifs is 1. The molecule has 0 radical (unpaired) electrons. The van der Waals surface area contributed by atoms with E-state index in [1.165, 1.54) is 5.56 Å². The molecule has 1 amide bonds. The lowest BCUT2D eigenvalue weighted by molar-refractivity contribution is 0.0790. The molecule has 6 heteroatoms. The molecule has 0 bridgehead atoms. The second kappa shape index (κ2) is 5.68. The van der Waals surface area contributed by atoms with Gasteiger partial charge in [0.1, 0.15) is 0 Å². The number of rotatable bonds is 2. The van der Waals surface area contributed by atoms with Crippen molar-refractivity contribution >= 4 is 11.6 Å². The van der Waals surface area contributed by atoms with Gasteiger partial charge in [-0.25, -0.2) is 0 Å². The number of carbonyl (C=O) groups is 1. The lowest BCUT2D eigenvalue weighted by Crippen LogP contribution is -2.30. The third kappa shape index (κ3) is 2.58. The van der Waals surface area contributed by atoms with Crippen LogP contribution in [0.5, 0.6) is 0 Å². The predicted molar refractivity (Wildman–Crippen MR) is 85.5 cm³/mol. The number of anilines is 1. The molecule has 6 nitrogen and oxygen atoms in total. The van der Waals surface area contributed by atoms with E-state index in [0.29, 0.717) is 18.3 Å². The van der Waals surface area contributed by atoms with Crippen molar-refractivity contribution in [1.82, 2.24) is 15.0 Å². The number of nitrogens with one attached hydrogen (secondary N) is 1. The van der Waals surface area contributed by atoms with Crippen molar-refractivity contribution < 1.29 is 9.32 Å². The topological polar surface area (TPSA) is 71.3 Å². The van der Waals surface area contributed by atoms with E-state index in [9.17, 15) is 4.79 Å². The third-order valence-electron chi connectivity index (χ3n) is 4.67. The van der Waals surface area contributed by atoms with Crippen molar-refractivity contribution in [3.63, 3.8) is 0 Å². The molecular weight excluding hydrogens is 292 g/mol. The lowest BCUT2D eigenvalue weighted by Gasteiger charge is -2.23. The van der Waals surface area contributed by atoms with Gasteiger partial charge < -0.3 is 14.7 Å². The summed E-state index contributed by atoms with van der Waals surface area (Å²) in [4.78, 5) is 19.1. The van der Waals surface area contributed by atoms with E-state index in [0.717, 1.165) is 43.6 Å². The van der Waals surface area contributed by atoms with Gasteiger partial charge in [-0.05, 0) is 37.8 Å². The molecule has 0 unspecified atom stereocenters. The van der Waals surface area contributed by atoms with Crippen LogP contribution in [0.25, 0.3) is 0 Å². The van der Waals surface area contributed by atoms with Crippen LogP contribution in [-0.2, 0) is 6.42 Å². The normalized spacial score (nSPS) is 20.2. The van der Waals surface area contributed by atoms with Crippen molar-refractivity contribution in [3.05, 3.63) is 41.0 Å². The van der Waals surface area contributed by atoms with E-state index in [1.54, 1.807) is 0 Å². The molecule has 0 spiro atoms. The number of aryl methyl sites for hydroxylation is 2. The zero-order valence-electron chi connectivity index (χ0n) is 13.2. The predicted octanol–water partition coefficient (Wildman–Crippen LogP) is 2.37. The Bertz CT molecular complexity index is 740. The first kappa shape index (κ1) is 14.2. The Balaban J connectivity index is 1.54. The quantitative estimate of drug-likeness (QED) is 0.922. The molecule has 3 heterocycles. The molecule has 1 aromatic carbocycles. The molecule has 1 saturated heterocycles. The molecule has 2 aromatic rings. The maximum absolute atomic E-state index is 12.9. The van der Waals surface area contributed by atoms with Crippen LogP contribution >= 0.6 is 0 Å². The van der Waals surface area contributed by atoms with Gasteiger partial charge in [0.2, 0.25) is 5.89 Å². The molecule has 23 heavy (non-hydrogen) atoms. The maximum atomic E-state index is 12.9. The SMILES string of the molecule is Cc1noc([C@H]2CCN(C(=O)c3cccc4c3NCCC4)C2)n1. The number of amides is 1. The summed E-state index contributed by atoms with van der Waals surface area (Å²) in [5, 5.41) is 7.24. The van der Waals surface area contributed by atoms with Crippen LogP contribution < -0.4 is 5.32 Å². The standard InChI is InChI=1S/C17H20N4O2/c1-11-19-16(23-20-11)13-7-9-21(10-13)17(22)14-6-2-4-12-5-3-8-18-15(12)14/h2,4,6,13,18H,3,5,7-10H2,1H3/t13-/m0/s1. The highest BCUT2D eigenvalue weighted by Gasteiger charge is 2.32. The molecule has 1 fully saturated rings. The van der Waals surface area contributed by atoms with Gasteiger partial charge in [-0.1, -0.05) is 17.3 Å². The van der Waals surface area contributed by atoms with E-state index in [1.807, 2.05) is 24.0 Å². The van der Waals surface area contributed by atoms with Gasteiger partial charge in [0.05, 0.1) is 17.2 Å². The smallest absolute Gasteiger partial charge is 0.255 e. The first-order valence-electron chi connectivity index (χ1n) is 8.17. The fourth-order valence-corrected chi connectivity index (χ4v) is 3.48. The van der Waals surface area contributed by atoms with E-state index < -0.39 is 0 Å². The molecule has 4 rings (SSSR count). The second-order valence-corrected chi connectivity index (χ2v) is 6.29. The number of hydrogen-bond donors (Lipinski definition) is 1. The maximum Gasteiger partial charge on any atom is 0.255 e. The van der Waals surface area contributed by atoms with Crippen LogP contribution in [0, 0.1) is 6.92 Å². The number of likely N-dealkylation sites (tertiary alicyclic amines) is 1. The first-order chi connectivity index (χ1) is 11.2. The summed E-state index contributed by atoms with van der Waals surface area (Å²) in [5.41, 5.74) is 3.04. The molecule has 1 aromatic heterocycles. The second-order valence-electron chi connectivity index (χ2n) is 6.29. The summed E-state index contributed by atoms with van der Waals surface area (Å²) >= 11 is 0. The average molecular weight is 312 g/mol. The Morgan fingerprint density at radius 1 is 1.43 bits per heavy atom. The van der Waals surface area contributed by atoms with Crippen LogP contribution in [0.4, 0.5) is 5.69 Å². The Hall–Kier alpha value is -2.37. The van der Waals surface area contributed by atoms with Gasteiger partial charge in [0, 0.05) is 19.6 Å². The minimum Gasteiger partial charge on any atom is -0.384 e. The summed E-state index contributed by atoms with van der Waals surface area (Å²) in [6.07, 6.45) is 3.02. The van der Waals surface area contributed by atoms with Gasteiger partial charge >= 0.3 is 0 Å². The summed E-state index contributed by atoms with van der Waals surface area (Å²) in [5.74, 6) is 1.53. The fourth-order valence-electron chi connectivity index (χ4n) is 3.48. The van der Waals surface area contributed by atoms with Crippen LogP contribution in [0.1, 0.15) is 46.4 Å². The summed E-state index contributed by atoms with van der Waals surface area (Å²) < 4.78 is 5.26. The van der Waals surface area contributed by atoms with E-state index >= 15 is 0 Å². The molecule has 120 valence electrons. The molecule has 0 aliphatic carbocycles. The molecule has 1 N–H and O–H groups in total. The van der Waals surface area contributed by atoms with Crippen molar-refractivity contribution in [2.24, 2.45) is 0 Å². The Labute approximate surface area is 134 Å². The highest BCUT2D eigenvalue weighted by atomic mass is 16.5. The molecule has 2 aliphatic heterocycles. The van der Waals surface area contributed by atoms with Crippen LogP contribution in [-0.4, -0.2) is 40.6 Å². The minimum absolute atomic E-state index is 0.0926. The molecule has 2 aliphatic rings. The number of para-hydroxylation sites is 1. The fraction of sp³-hybridized carbons (Fsp3) is 0.471. The number of carbonyl (C=O) groups excluding carboxylic acids is 1. The van der Waals surface area contributed by atoms with Crippen LogP contribution in [0.15, 0.2) is 22.7 Å². The van der Waals surface area contributed by atoms with Gasteiger partial charge in [-0.2, -0.15) is 4.98 Å². The van der Waals surface area contributed by atoms with Gasteiger partial charge in [0.25, 0.3) is 5.91 Å². The summed E-state index contributed by atoms with van der Waals surface area (Å²) in [7, 11) is 0. The van der Waals surface area contributed by atoms with Crippen LogP contribution in [0.3, 0.4) is 0 Å². The van der Waals surface area contributed by atoms with E-state index in [-0.39, 0.29) is 11.8 Å². The largest absolute Gasteiger partial charge is 0.384 e. The Morgan fingerprint density at radius 3 is 3.17 bits per heavy atom. The van der Waals surface area contributed by atoms with Crippen molar-refractivity contribution in [2.45, 2.75) is 32.1 Å². The number of hydrogen-bond acceptors (Lipinski definition) is 5. The van der Waals surface area contributed by atoms with Crippen molar-refractivity contribution in [3.8, 4) is 0 Å². The third-order valence-corrected chi connectivity index (χ3v) is 4.67. The first-order valence-corrected chi connectivity index (χ1v) is 8.17. The summed E-state index contributed by atoms with van der Waals surface area (Å²) in [6, 6.07) is 6.00.